The van der Waals surface area contributed by atoms with Gasteiger partial charge < -0.3 is 5.73 Å². The molecule has 0 aromatic heterocycles. The molecule has 0 rings (SSSR count). The molecule has 0 radical (unpaired) electrons. The van der Waals surface area contributed by atoms with Gasteiger partial charge in [0, 0.05) is 0 Å². The number of nitrogens with zero attached hydrogens (tertiary/aromatic N) is 2. The van der Waals surface area contributed by atoms with E-state index in [1.165, 1.54) is 19.3 Å². The number of nitrogens with two attached hydrogens (primary N) is 1. The molecule has 0 aromatic rings. The van der Waals surface area contributed by atoms with Gasteiger partial charge in [0.1, 0.15) is 0 Å². The topological polar surface area (TPSA) is 109 Å². The summed E-state index contributed by atoms with van der Waals surface area (Å²) in [6, 6.07) is 0. The maximum absolute atomic E-state index is 7.48. The van der Waals surface area contributed by atoms with Gasteiger partial charge in [-0.25, -0.2) is 5.32 Å². The lowest BCUT2D eigenvalue weighted by molar-refractivity contribution is 1.20. The molecule has 9 heavy (non-hydrogen) atoms. The van der Waals surface area contributed by atoms with E-state index in [4.69, 9.17) is 21.7 Å². The maximum atomic E-state index is 7.48. The molecule has 5 nitrogen and oxygen atoms in total. The third-order valence-corrected chi connectivity index (χ3v) is 0.112. The van der Waals surface area contributed by atoms with Crippen molar-refractivity contribution in [1.82, 2.24) is 5.32 Å². The fraction of sp³-hybridized carbons (Fsp3) is 0.250. The number of rotatable bonds is 0. The van der Waals surface area contributed by atoms with E-state index >= 15 is 0 Å². The lowest BCUT2D eigenvalue weighted by Gasteiger charge is -1.66. The largest absolute Gasteiger partial charge is 0.388 e. The van der Waals surface area contributed by atoms with Crippen molar-refractivity contribution < 1.29 is 0 Å². The zero-order valence-corrected chi connectivity index (χ0v) is 4.97. The van der Waals surface area contributed by atoms with E-state index < -0.39 is 0 Å². The Morgan fingerprint density at radius 1 is 1.56 bits per heavy atom. The van der Waals surface area contributed by atoms with Gasteiger partial charge in [-0.05, 0) is 6.92 Å². The van der Waals surface area contributed by atoms with Gasteiger partial charge in [0.05, 0.1) is 5.84 Å². The van der Waals surface area contributed by atoms with Gasteiger partial charge in [0.25, 0.3) is 0 Å². The van der Waals surface area contributed by atoms with E-state index in [-0.39, 0.29) is 5.84 Å². The van der Waals surface area contributed by atoms with Crippen molar-refractivity contribution in [1.29, 1.82) is 15.9 Å². The summed E-state index contributed by atoms with van der Waals surface area (Å²) in [7, 11) is 0. The van der Waals surface area contributed by atoms with Gasteiger partial charge in [-0.3, -0.25) is 5.41 Å². The van der Waals surface area contributed by atoms with E-state index in [1.807, 2.05) is 0 Å². The number of nitrogens with one attached hydrogen (secondary N) is 2. The average molecular weight is 125 g/mol. The van der Waals surface area contributed by atoms with E-state index in [1.54, 1.807) is 5.32 Å². The molecule has 0 fully saturated rings. The zero-order chi connectivity index (χ0) is 7.70. The van der Waals surface area contributed by atoms with Crippen molar-refractivity contribution >= 4 is 5.84 Å². The van der Waals surface area contributed by atoms with Crippen molar-refractivity contribution in [3.05, 3.63) is 0 Å². The normalized spacial score (nSPS) is 4.78. The van der Waals surface area contributed by atoms with Crippen LogP contribution >= 0.6 is 0 Å². The first kappa shape index (κ1) is 10.3. The van der Waals surface area contributed by atoms with Crippen molar-refractivity contribution in [2.45, 2.75) is 6.92 Å². The summed E-state index contributed by atoms with van der Waals surface area (Å²) in [5, 5.41) is 23.0. The third kappa shape index (κ3) is 1810. The van der Waals surface area contributed by atoms with Gasteiger partial charge in [-0.15, -0.1) is 0 Å². The molecule has 0 amide bonds. The van der Waals surface area contributed by atoms with Gasteiger partial charge >= 0.3 is 0 Å². The molecule has 0 saturated carbocycles. The van der Waals surface area contributed by atoms with Crippen LogP contribution in [0.1, 0.15) is 6.92 Å². The van der Waals surface area contributed by atoms with Crippen molar-refractivity contribution in [3.8, 4) is 12.4 Å². The second-order valence-electron chi connectivity index (χ2n) is 1.03. The Morgan fingerprint density at radius 3 is 1.78 bits per heavy atom. The Morgan fingerprint density at radius 2 is 1.78 bits per heavy atom. The first-order valence-electron chi connectivity index (χ1n) is 1.99. The number of hydrogen-bond acceptors (Lipinski definition) is 4. The Labute approximate surface area is 53.2 Å². The first-order valence-corrected chi connectivity index (χ1v) is 1.99. The van der Waals surface area contributed by atoms with Crippen molar-refractivity contribution in [3.63, 3.8) is 0 Å². The second-order valence-corrected chi connectivity index (χ2v) is 1.03. The van der Waals surface area contributed by atoms with Gasteiger partial charge in [-0.1, -0.05) is 0 Å². The summed E-state index contributed by atoms with van der Waals surface area (Å²) in [6.07, 6.45) is 2.81. The Bertz CT molecular complexity index is 131. The fourth-order valence-electron chi connectivity index (χ4n) is 0.0250. The lowest BCUT2D eigenvalue weighted by atomic mass is 10.8. The van der Waals surface area contributed by atoms with Crippen molar-refractivity contribution in [2.24, 2.45) is 5.73 Å². The smallest absolute Gasteiger partial charge is 0.190 e. The van der Waals surface area contributed by atoms with Crippen LogP contribution in [0.3, 0.4) is 0 Å². The van der Waals surface area contributed by atoms with Crippen LogP contribution in [0.2, 0.25) is 0 Å². The van der Waals surface area contributed by atoms with Crippen LogP contribution in [0.5, 0.6) is 0 Å². The molecular formula is C4H7N5. The molecule has 4 N–H and O–H groups in total. The van der Waals surface area contributed by atoms with E-state index in [2.05, 4.69) is 0 Å². The van der Waals surface area contributed by atoms with Crippen molar-refractivity contribution in [2.75, 3.05) is 0 Å². The Hall–Kier alpha value is -1.75. The van der Waals surface area contributed by atoms with E-state index in [9.17, 15) is 0 Å². The first-order chi connectivity index (χ1) is 4.15. The predicted molar refractivity (Wildman–Crippen MR) is 31.9 cm³/mol. The molecule has 0 aliphatic rings. The lowest BCUT2D eigenvalue weighted by Crippen LogP contribution is -2.00. The molecule has 0 bridgehead atoms. The molecule has 48 valence electrons. The van der Waals surface area contributed by atoms with Crippen LogP contribution < -0.4 is 11.1 Å². The Kier molecular flexibility index (Phi) is 10.9. The molecule has 0 heterocycles. The highest BCUT2D eigenvalue weighted by molar-refractivity contribution is 5.73. The van der Waals surface area contributed by atoms with Gasteiger partial charge in [0.2, 0.25) is 0 Å². The molecule has 0 aromatic carbocycles. The van der Waals surface area contributed by atoms with Crippen LogP contribution in [-0.4, -0.2) is 5.84 Å². The molecule has 0 unspecified atom stereocenters. The molecule has 0 aliphatic carbocycles. The number of nitriles is 2. The minimum Gasteiger partial charge on any atom is -0.388 e. The zero-order valence-electron chi connectivity index (χ0n) is 4.97. The summed E-state index contributed by atoms with van der Waals surface area (Å²) in [5.41, 5.74) is 4.69. The summed E-state index contributed by atoms with van der Waals surface area (Å²) in [4.78, 5) is 0. The van der Waals surface area contributed by atoms with Gasteiger partial charge in [0.15, 0.2) is 12.4 Å². The van der Waals surface area contributed by atoms with Gasteiger partial charge in [-0.2, -0.15) is 10.5 Å². The molecule has 0 aliphatic heterocycles. The summed E-state index contributed by atoms with van der Waals surface area (Å²) in [6.45, 7) is 1.53. The van der Waals surface area contributed by atoms with Crippen LogP contribution in [-0.2, 0) is 0 Å². The quantitative estimate of drug-likeness (QED) is 0.175. The Balaban J connectivity index is 0. The molecule has 5 heteroatoms. The molecule has 0 atom stereocenters. The standard InChI is InChI=1S/C2HN3.C2H6N2/c3-1-5-2-4;1-2(3)4/h5H;1H3,(H3,3,4). The monoisotopic (exact) mass is 125 g/mol. The minimum atomic E-state index is 0.167. The SMILES string of the molecule is CC(=N)N.N#CNC#N. The third-order valence-electron chi connectivity index (χ3n) is 0.112. The highest BCUT2D eigenvalue weighted by atomic mass is 14.8. The van der Waals surface area contributed by atoms with Crippen LogP contribution in [0.25, 0.3) is 0 Å². The van der Waals surface area contributed by atoms with E-state index in [0.717, 1.165) is 0 Å². The second kappa shape index (κ2) is 9.54. The number of hydrogen-bond donors (Lipinski definition) is 3. The van der Waals surface area contributed by atoms with Crippen LogP contribution in [0.4, 0.5) is 0 Å². The fourth-order valence-corrected chi connectivity index (χ4v) is 0.0250. The maximum Gasteiger partial charge on any atom is 0.190 e. The summed E-state index contributed by atoms with van der Waals surface area (Å²) < 4.78 is 0. The molecule has 0 spiro atoms. The summed E-state index contributed by atoms with van der Waals surface area (Å²) in [5.74, 6) is 0.167. The minimum absolute atomic E-state index is 0.167. The number of amidine groups is 1. The highest BCUT2D eigenvalue weighted by Crippen LogP contribution is 1.36. The highest BCUT2D eigenvalue weighted by Gasteiger charge is 1.54. The van der Waals surface area contributed by atoms with Crippen LogP contribution in [0, 0.1) is 28.3 Å². The average Bonchev–Trinajstić information content (AvgIpc) is 1.66. The molecular weight excluding hydrogens is 118 g/mol. The van der Waals surface area contributed by atoms with Crippen LogP contribution in [0.15, 0.2) is 0 Å². The van der Waals surface area contributed by atoms with E-state index in [0.29, 0.717) is 0 Å². The predicted octanol–water partition coefficient (Wildman–Crippen LogP) is -0.520. The summed E-state index contributed by atoms with van der Waals surface area (Å²) >= 11 is 0. The molecule has 0 saturated heterocycles.